The molecule has 2 aromatic rings. The molecule has 0 saturated heterocycles. The summed E-state index contributed by atoms with van der Waals surface area (Å²) >= 11 is 0. The summed E-state index contributed by atoms with van der Waals surface area (Å²) < 4.78 is 31.9. The topological polar surface area (TPSA) is 84.5 Å². The molecule has 2 rings (SSSR count). The summed E-state index contributed by atoms with van der Waals surface area (Å²) in [6, 6.07) is 11.3. The van der Waals surface area contributed by atoms with Gasteiger partial charge in [0.1, 0.15) is 5.75 Å². The highest BCUT2D eigenvalue weighted by Crippen LogP contribution is 2.26. The molecule has 0 fully saturated rings. The van der Waals surface area contributed by atoms with Crippen LogP contribution in [0.15, 0.2) is 60.0 Å². The van der Waals surface area contributed by atoms with E-state index in [0.29, 0.717) is 11.3 Å². The minimum absolute atomic E-state index is 0.0919. The number of sulfonamides is 1. The first-order chi connectivity index (χ1) is 12.8. The molecule has 0 aliphatic heterocycles. The Morgan fingerprint density at radius 1 is 1.22 bits per heavy atom. The molecule has 27 heavy (non-hydrogen) atoms. The van der Waals surface area contributed by atoms with Crippen LogP contribution in [0.2, 0.25) is 0 Å². The third kappa shape index (κ3) is 5.18. The van der Waals surface area contributed by atoms with Crippen LogP contribution in [0, 0.1) is 6.92 Å². The summed E-state index contributed by atoms with van der Waals surface area (Å²) in [6.07, 6.45) is 1.46. The van der Waals surface area contributed by atoms with Gasteiger partial charge in [-0.3, -0.25) is 4.79 Å². The fourth-order valence-corrected chi connectivity index (χ4v) is 3.59. The maximum Gasteiger partial charge on any atom is 0.251 e. The lowest BCUT2D eigenvalue weighted by Crippen LogP contribution is -2.27. The van der Waals surface area contributed by atoms with Crippen molar-refractivity contribution in [3.05, 3.63) is 71.8 Å². The average Bonchev–Trinajstić information content (AvgIpc) is 2.66. The van der Waals surface area contributed by atoms with Gasteiger partial charge in [0.2, 0.25) is 10.0 Å². The zero-order valence-corrected chi connectivity index (χ0v) is 16.5. The van der Waals surface area contributed by atoms with Crippen molar-refractivity contribution < 1.29 is 17.9 Å². The molecule has 0 unspecified atom stereocenters. The van der Waals surface area contributed by atoms with Crippen molar-refractivity contribution in [3.63, 3.8) is 0 Å². The van der Waals surface area contributed by atoms with Crippen molar-refractivity contribution in [3.8, 4) is 5.75 Å². The maximum atomic E-state index is 12.5. The molecule has 7 heteroatoms. The standard InChI is InChI=1S/C20H24N2O4S/c1-5-12-21-27(24,25)17-9-7-16(8-10-17)20(23)22-15(3)18-13-14(2)6-11-19(18)26-4/h5-11,13,15,21H,1,12H2,2-4H3,(H,22,23)/t15-/m0/s1. The monoisotopic (exact) mass is 388 g/mol. The fraction of sp³-hybridized carbons (Fsp3) is 0.250. The largest absolute Gasteiger partial charge is 0.496 e. The Kier molecular flexibility index (Phi) is 6.76. The van der Waals surface area contributed by atoms with Gasteiger partial charge in [0.15, 0.2) is 0 Å². The van der Waals surface area contributed by atoms with Crippen LogP contribution in [0.5, 0.6) is 5.75 Å². The van der Waals surface area contributed by atoms with E-state index in [1.54, 1.807) is 7.11 Å². The van der Waals surface area contributed by atoms with E-state index in [2.05, 4.69) is 16.6 Å². The first-order valence-electron chi connectivity index (χ1n) is 8.44. The lowest BCUT2D eigenvalue weighted by Gasteiger charge is -2.18. The van der Waals surface area contributed by atoms with E-state index in [4.69, 9.17) is 4.74 Å². The maximum absolute atomic E-state index is 12.5. The van der Waals surface area contributed by atoms with Crippen LogP contribution in [-0.4, -0.2) is 28.0 Å². The number of aryl methyl sites for hydroxylation is 1. The van der Waals surface area contributed by atoms with Crippen LogP contribution in [0.4, 0.5) is 0 Å². The van der Waals surface area contributed by atoms with Gasteiger partial charge >= 0.3 is 0 Å². The molecule has 0 aliphatic carbocycles. The normalized spacial score (nSPS) is 12.3. The van der Waals surface area contributed by atoms with Gasteiger partial charge < -0.3 is 10.1 Å². The zero-order valence-electron chi connectivity index (χ0n) is 15.7. The summed E-state index contributed by atoms with van der Waals surface area (Å²) in [4.78, 5) is 12.6. The average molecular weight is 388 g/mol. The lowest BCUT2D eigenvalue weighted by molar-refractivity contribution is 0.0939. The molecule has 0 spiro atoms. The number of benzene rings is 2. The van der Waals surface area contributed by atoms with E-state index in [-0.39, 0.29) is 23.4 Å². The number of amides is 1. The fourth-order valence-electron chi connectivity index (χ4n) is 2.59. The molecule has 144 valence electrons. The molecule has 0 saturated carbocycles. The molecule has 0 heterocycles. The van der Waals surface area contributed by atoms with Crippen LogP contribution >= 0.6 is 0 Å². The van der Waals surface area contributed by atoms with Crippen molar-refractivity contribution in [2.45, 2.75) is 24.8 Å². The molecule has 2 N–H and O–H groups in total. The van der Waals surface area contributed by atoms with Crippen molar-refractivity contribution in [2.24, 2.45) is 0 Å². The minimum Gasteiger partial charge on any atom is -0.496 e. The third-order valence-electron chi connectivity index (χ3n) is 4.04. The predicted octanol–water partition coefficient (Wildman–Crippen LogP) is 2.96. The van der Waals surface area contributed by atoms with E-state index < -0.39 is 10.0 Å². The van der Waals surface area contributed by atoms with Crippen LogP contribution < -0.4 is 14.8 Å². The lowest BCUT2D eigenvalue weighted by atomic mass is 10.0. The van der Waals surface area contributed by atoms with E-state index in [1.807, 2.05) is 32.0 Å². The number of ether oxygens (including phenoxy) is 1. The molecule has 1 atom stereocenters. The first kappa shape index (κ1) is 20.7. The van der Waals surface area contributed by atoms with Gasteiger partial charge in [-0.05, 0) is 44.2 Å². The number of hydrogen-bond donors (Lipinski definition) is 2. The summed E-state index contributed by atoms with van der Waals surface area (Å²) in [5.41, 5.74) is 2.31. The second kappa shape index (κ2) is 8.83. The first-order valence-corrected chi connectivity index (χ1v) is 9.93. The molecule has 0 aromatic heterocycles. The molecule has 6 nitrogen and oxygen atoms in total. The molecule has 0 radical (unpaired) electrons. The highest BCUT2D eigenvalue weighted by Gasteiger charge is 2.17. The molecule has 0 aliphatic rings. The highest BCUT2D eigenvalue weighted by molar-refractivity contribution is 7.89. The predicted molar refractivity (Wildman–Crippen MR) is 105 cm³/mol. The van der Waals surface area contributed by atoms with Gasteiger partial charge in [-0.2, -0.15) is 0 Å². The van der Waals surface area contributed by atoms with Gasteiger partial charge in [-0.25, -0.2) is 13.1 Å². The van der Waals surface area contributed by atoms with E-state index >= 15 is 0 Å². The van der Waals surface area contributed by atoms with Crippen molar-refractivity contribution in [1.82, 2.24) is 10.0 Å². The van der Waals surface area contributed by atoms with Gasteiger partial charge in [0, 0.05) is 17.7 Å². The Hall–Kier alpha value is -2.64. The second-order valence-corrected chi connectivity index (χ2v) is 7.87. The smallest absolute Gasteiger partial charge is 0.251 e. The van der Waals surface area contributed by atoms with Crippen molar-refractivity contribution in [1.29, 1.82) is 0 Å². The molecule has 2 aromatic carbocycles. The number of methoxy groups -OCH3 is 1. The van der Waals surface area contributed by atoms with E-state index in [9.17, 15) is 13.2 Å². The summed E-state index contributed by atoms with van der Waals surface area (Å²) in [5, 5.41) is 2.91. The van der Waals surface area contributed by atoms with Crippen LogP contribution in [0.1, 0.15) is 34.5 Å². The summed E-state index contributed by atoms with van der Waals surface area (Å²) in [7, 11) is -2.03. The number of carbonyl (C=O) groups excluding carboxylic acids is 1. The Morgan fingerprint density at radius 3 is 2.48 bits per heavy atom. The number of nitrogens with one attached hydrogen (secondary N) is 2. The van der Waals surface area contributed by atoms with Crippen LogP contribution in [0.25, 0.3) is 0 Å². The van der Waals surface area contributed by atoms with Gasteiger partial charge in [0.05, 0.1) is 18.0 Å². The summed E-state index contributed by atoms with van der Waals surface area (Å²) in [6.45, 7) is 7.45. The van der Waals surface area contributed by atoms with Gasteiger partial charge in [-0.1, -0.05) is 23.8 Å². The Balaban J connectivity index is 2.14. The van der Waals surface area contributed by atoms with Gasteiger partial charge in [-0.15, -0.1) is 6.58 Å². The van der Waals surface area contributed by atoms with Gasteiger partial charge in [0.25, 0.3) is 5.91 Å². The van der Waals surface area contributed by atoms with Crippen molar-refractivity contribution in [2.75, 3.05) is 13.7 Å². The van der Waals surface area contributed by atoms with Crippen LogP contribution in [-0.2, 0) is 10.0 Å². The highest BCUT2D eigenvalue weighted by atomic mass is 32.2. The number of rotatable bonds is 8. The van der Waals surface area contributed by atoms with E-state index in [0.717, 1.165) is 11.1 Å². The molecular formula is C20H24N2O4S. The molecule has 0 bridgehead atoms. The molecule has 1 amide bonds. The number of hydrogen-bond acceptors (Lipinski definition) is 4. The Morgan fingerprint density at radius 2 is 1.89 bits per heavy atom. The third-order valence-corrected chi connectivity index (χ3v) is 5.48. The Labute approximate surface area is 160 Å². The van der Waals surface area contributed by atoms with Crippen molar-refractivity contribution >= 4 is 15.9 Å². The van der Waals surface area contributed by atoms with E-state index in [1.165, 1.54) is 30.3 Å². The summed E-state index contributed by atoms with van der Waals surface area (Å²) in [5.74, 6) is 0.400. The zero-order chi connectivity index (χ0) is 20.0. The quantitative estimate of drug-likeness (QED) is 0.681. The SMILES string of the molecule is C=CCNS(=O)(=O)c1ccc(C(=O)N[C@@H](C)c2cc(C)ccc2OC)cc1. The molecular weight excluding hydrogens is 364 g/mol. The minimum atomic E-state index is -3.61. The second-order valence-electron chi connectivity index (χ2n) is 6.11. The Bertz CT molecular complexity index is 921. The number of carbonyl (C=O) groups is 1. The van der Waals surface area contributed by atoms with Crippen LogP contribution in [0.3, 0.4) is 0 Å².